The summed E-state index contributed by atoms with van der Waals surface area (Å²) in [6.45, 7) is 1.72. The molecule has 0 radical (unpaired) electrons. The average molecular weight is 219 g/mol. The van der Waals surface area contributed by atoms with E-state index in [9.17, 15) is 9.59 Å². The van der Waals surface area contributed by atoms with Crippen LogP contribution in [0.1, 0.15) is 16.1 Å². The van der Waals surface area contributed by atoms with Crippen molar-refractivity contribution in [2.75, 3.05) is 5.32 Å². The van der Waals surface area contributed by atoms with Gasteiger partial charge in [0.1, 0.15) is 5.76 Å². The third-order valence-corrected chi connectivity index (χ3v) is 1.92. The van der Waals surface area contributed by atoms with Crippen molar-refractivity contribution in [3.63, 3.8) is 0 Å². The molecule has 6 nitrogen and oxygen atoms in total. The minimum atomic E-state index is -0.357. The average Bonchev–Trinajstić information content (AvgIpc) is 2.65. The lowest BCUT2D eigenvalue weighted by Crippen LogP contribution is -2.14. The molecule has 6 heteroatoms. The Morgan fingerprint density at radius 3 is 2.88 bits per heavy atom. The molecule has 0 fully saturated rings. The highest BCUT2D eigenvalue weighted by Gasteiger charge is 2.08. The zero-order chi connectivity index (χ0) is 11.5. The number of carbonyl (C=O) groups excluding carboxylic acids is 1. The standard InChI is InChI=1S/C10H9N3O3/c1-6-4-8(13-16-6)12-10(15)7-2-3-9(14)11-5-7/h2-5H,1H3,(H,11,14)(H,12,13,15). The lowest BCUT2D eigenvalue weighted by Gasteiger charge is -1.99. The number of aryl methyl sites for hydroxylation is 1. The Hall–Kier alpha value is -2.37. The van der Waals surface area contributed by atoms with Crippen LogP contribution >= 0.6 is 0 Å². The summed E-state index contributed by atoms with van der Waals surface area (Å²) in [7, 11) is 0. The third-order valence-electron chi connectivity index (χ3n) is 1.92. The molecular formula is C10H9N3O3. The molecule has 0 aromatic carbocycles. The van der Waals surface area contributed by atoms with Gasteiger partial charge in [-0.3, -0.25) is 9.59 Å². The van der Waals surface area contributed by atoms with Gasteiger partial charge in [-0.2, -0.15) is 0 Å². The van der Waals surface area contributed by atoms with Crippen LogP contribution < -0.4 is 10.9 Å². The van der Waals surface area contributed by atoms with Gasteiger partial charge in [0.05, 0.1) is 5.56 Å². The van der Waals surface area contributed by atoms with Crippen LogP contribution in [0.15, 0.2) is 33.7 Å². The normalized spacial score (nSPS) is 10.1. The predicted octanol–water partition coefficient (Wildman–Crippen LogP) is 0.924. The van der Waals surface area contributed by atoms with Gasteiger partial charge in [0.25, 0.3) is 5.91 Å². The summed E-state index contributed by atoms with van der Waals surface area (Å²) < 4.78 is 4.80. The van der Waals surface area contributed by atoms with Crippen LogP contribution in [-0.2, 0) is 0 Å². The first-order chi connectivity index (χ1) is 7.65. The molecule has 2 heterocycles. The van der Waals surface area contributed by atoms with Crippen LogP contribution in [0.4, 0.5) is 5.82 Å². The quantitative estimate of drug-likeness (QED) is 0.786. The largest absolute Gasteiger partial charge is 0.360 e. The number of anilines is 1. The third kappa shape index (κ3) is 2.17. The van der Waals surface area contributed by atoms with Gasteiger partial charge in [0.15, 0.2) is 5.82 Å². The van der Waals surface area contributed by atoms with Gasteiger partial charge < -0.3 is 14.8 Å². The number of carbonyl (C=O) groups is 1. The van der Waals surface area contributed by atoms with E-state index in [1.54, 1.807) is 13.0 Å². The van der Waals surface area contributed by atoms with Crippen molar-refractivity contribution >= 4 is 11.7 Å². The summed E-state index contributed by atoms with van der Waals surface area (Å²) in [5.74, 6) is 0.593. The van der Waals surface area contributed by atoms with Crippen molar-refractivity contribution in [3.05, 3.63) is 46.1 Å². The van der Waals surface area contributed by atoms with Crippen LogP contribution in [0, 0.1) is 6.92 Å². The number of aromatic nitrogens is 2. The van der Waals surface area contributed by atoms with E-state index < -0.39 is 0 Å². The number of rotatable bonds is 2. The summed E-state index contributed by atoms with van der Waals surface area (Å²) in [4.78, 5) is 24.8. The number of pyridine rings is 1. The maximum absolute atomic E-state index is 11.6. The molecule has 1 amide bonds. The summed E-state index contributed by atoms with van der Waals surface area (Å²) >= 11 is 0. The molecule has 0 saturated heterocycles. The van der Waals surface area contributed by atoms with Gasteiger partial charge in [-0.05, 0) is 13.0 Å². The van der Waals surface area contributed by atoms with Crippen LogP contribution in [0.5, 0.6) is 0 Å². The lowest BCUT2D eigenvalue weighted by atomic mass is 10.3. The van der Waals surface area contributed by atoms with Gasteiger partial charge in [0, 0.05) is 18.3 Å². The minimum Gasteiger partial charge on any atom is -0.360 e. The molecule has 2 aromatic rings. The van der Waals surface area contributed by atoms with Crippen molar-refractivity contribution < 1.29 is 9.32 Å². The maximum atomic E-state index is 11.6. The SMILES string of the molecule is Cc1cc(NC(=O)c2ccc(=O)[nH]c2)no1. The van der Waals surface area contributed by atoms with E-state index in [0.29, 0.717) is 17.1 Å². The van der Waals surface area contributed by atoms with E-state index in [1.165, 1.54) is 18.3 Å². The zero-order valence-electron chi connectivity index (χ0n) is 8.48. The smallest absolute Gasteiger partial charge is 0.258 e. The van der Waals surface area contributed by atoms with E-state index in [1.807, 2.05) is 0 Å². The number of H-pyrrole nitrogens is 1. The Labute approximate surface area is 90.3 Å². The fraction of sp³-hybridized carbons (Fsp3) is 0.100. The van der Waals surface area contributed by atoms with Gasteiger partial charge in [0.2, 0.25) is 5.56 Å². The second-order valence-corrected chi connectivity index (χ2v) is 3.22. The molecule has 0 aliphatic heterocycles. The molecule has 16 heavy (non-hydrogen) atoms. The maximum Gasteiger partial charge on any atom is 0.258 e. The Morgan fingerprint density at radius 1 is 1.50 bits per heavy atom. The number of nitrogens with one attached hydrogen (secondary N) is 2. The second kappa shape index (κ2) is 4.01. The molecule has 0 atom stereocenters. The van der Waals surface area contributed by atoms with Crippen LogP contribution in [0.2, 0.25) is 0 Å². The first kappa shape index (κ1) is 10.2. The van der Waals surface area contributed by atoms with Crippen molar-refractivity contribution in [1.29, 1.82) is 0 Å². The van der Waals surface area contributed by atoms with E-state index in [4.69, 9.17) is 4.52 Å². The first-order valence-electron chi connectivity index (χ1n) is 4.58. The van der Waals surface area contributed by atoms with Gasteiger partial charge >= 0.3 is 0 Å². The number of aromatic amines is 1. The Morgan fingerprint density at radius 2 is 2.31 bits per heavy atom. The molecule has 0 aliphatic carbocycles. The fourth-order valence-corrected chi connectivity index (χ4v) is 1.17. The van der Waals surface area contributed by atoms with E-state index in [0.717, 1.165) is 0 Å². The molecule has 2 rings (SSSR count). The number of hydrogen-bond acceptors (Lipinski definition) is 4. The van der Waals surface area contributed by atoms with Crippen LogP contribution in [0.25, 0.3) is 0 Å². The number of amides is 1. The molecule has 82 valence electrons. The molecule has 2 N–H and O–H groups in total. The summed E-state index contributed by atoms with van der Waals surface area (Å²) in [5, 5.41) is 6.15. The molecule has 0 bridgehead atoms. The van der Waals surface area contributed by atoms with Gasteiger partial charge in [-0.15, -0.1) is 0 Å². The van der Waals surface area contributed by atoms with Crippen LogP contribution in [-0.4, -0.2) is 16.0 Å². The van der Waals surface area contributed by atoms with Crippen molar-refractivity contribution in [2.24, 2.45) is 0 Å². The molecule has 0 aliphatic rings. The molecular weight excluding hydrogens is 210 g/mol. The van der Waals surface area contributed by atoms with E-state index in [-0.39, 0.29) is 11.5 Å². The molecule has 0 saturated carbocycles. The minimum absolute atomic E-state index is 0.256. The summed E-state index contributed by atoms with van der Waals surface area (Å²) in [6.07, 6.45) is 1.34. The van der Waals surface area contributed by atoms with Gasteiger partial charge in [-0.1, -0.05) is 5.16 Å². The number of nitrogens with zero attached hydrogens (tertiary/aromatic N) is 1. The fourth-order valence-electron chi connectivity index (χ4n) is 1.17. The van der Waals surface area contributed by atoms with Crippen molar-refractivity contribution in [2.45, 2.75) is 6.92 Å². The zero-order valence-corrected chi connectivity index (χ0v) is 8.48. The topological polar surface area (TPSA) is 88.0 Å². The van der Waals surface area contributed by atoms with Crippen LogP contribution in [0.3, 0.4) is 0 Å². The highest BCUT2D eigenvalue weighted by molar-refractivity contribution is 6.03. The Bertz CT molecular complexity index is 550. The monoisotopic (exact) mass is 219 g/mol. The molecule has 0 unspecified atom stereocenters. The highest BCUT2D eigenvalue weighted by Crippen LogP contribution is 2.08. The Kier molecular flexibility index (Phi) is 2.55. The molecule has 0 spiro atoms. The van der Waals surface area contributed by atoms with Gasteiger partial charge in [-0.25, -0.2) is 0 Å². The Balaban J connectivity index is 2.14. The summed E-state index contributed by atoms with van der Waals surface area (Å²) in [6, 6.07) is 4.31. The van der Waals surface area contributed by atoms with E-state index in [2.05, 4.69) is 15.5 Å². The molecule has 2 aromatic heterocycles. The first-order valence-corrected chi connectivity index (χ1v) is 4.58. The predicted molar refractivity (Wildman–Crippen MR) is 56.3 cm³/mol. The van der Waals surface area contributed by atoms with Crippen molar-refractivity contribution in [3.8, 4) is 0 Å². The van der Waals surface area contributed by atoms with E-state index >= 15 is 0 Å². The van der Waals surface area contributed by atoms with Crippen molar-refractivity contribution in [1.82, 2.24) is 10.1 Å². The highest BCUT2D eigenvalue weighted by atomic mass is 16.5. The number of hydrogen-bond donors (Lipinski definition) is 2. The lowest BCUT2D eigenvalue weighted by molar-refractivity contribution is 0.102. The summed E-state index contributed by atoms with van der Waals surface area (Å²) in [5.41, 5.74) is 0.0917. The second-order valence-electron chi connectivity index (χ2n) is 3.22.